The molecule has 0 saturated heterocycles. The predicted octanol–water partition coefficient (Wildman–Crippen LogP) is 3.45. The molecule has 4 saturated carbocycles. The highest BCUT2D eigenvalue weighted by Gasteiger charge is 2.65. The highest BCUT2D eigenvalue weighted by atomic mass is 16.4. The zero-order valence-electron chi connectivity index (χ0n) is 18.3. The molecule has 11 atom stereocenters. The number of rotatable bonds is 4. The molecule has 0 bridgehead atoms. The molecule has 4 aliphatic rings. The zero-order chi connectivity index (χ0) is 21.1. The molecule has 0 spiro atoms. The van der Waals surface area contributed by atoms with E-state index in [0.717, 1.165) is 44.9 Å². The number of carbonyl (C=O) groups is 1. The number of aliphatic hydroxyl groups is 3. The second-order valence-electron chi connectivity index (χ2n) is 11.5. The minimum atomic E-state index is -0.748. The van der Waals surface area contributed by atoms with Gasteiger partial charge in [0.25, 0.3) is 0 Å². The van der Waals surface area contributed by atoms with Crippen molar-refractivity contribution in [3.05, 3.63) is 0 Å². The summed E-state index contributed by atoms with van der Waals surface area (Å²) in [5, 5.41) is 41.7. The molecule has 29 heavy (non-hydrogen) atoms. The van der Waals surface area contributed by atoms with Crippen LogP contribution in [0.3, 0.4) is 0 Å². The molecule has 5 nitrogen and oxygen atoms in total. The number of carboxylic acid groups (broad SMARTS) is 1. The van der Waals surface area contributed by atoms with Crippen LogP contribution in [0, 0.1) is 46.3 Å². The van der Waals surface area contributed by atoms with Gasteiger partial charge in [-0.25, -0.2) is 0 Å². The van der Waals surface area contributed by atoms with Crippen molar-refractivity contribution in [1.82, 2.24) is 0 Å². The molecule has 0 amide bonds. The van der Waals surface area contributed by atoms with Crippen LogP contribution in [0.4, 0.5) is 0 Å². The fraction of sp³-hybridized carbons (Fsp3) is 0.958. The van der Waals surface area contributed by atoms with Gasteiger partial charge < -0.3 is 20.4 Å². The Kier molecular flexibility index (Phi) is 5.57. The lowest BCUT2D eigenvalue weighted by molar-refractivity contribution is -0.223. The first-order chi connectivity index (χ1) is 13.6. The quantitative estimate of drug-likeness (QED) is 0.571. The number of fused-ring (bicyclic) bond motifs is 5. The van der Waals surface area contributed by atoms with E-state index in [-0.39, 0.29) is 35.2 Å². The Morgan fingerprint density at radius 3 is 2.28 bits per heavy atom. The van der Waals surface area contributed by atoms with E-state index in [4.69, 9.17) is 5.11 Å². The summed E-state index contributed by atoms with van der Waals surface area (Å²) in [6, 6.07) is 0. The summed E-state index contributed by atoms with van der Waals surface area (Å²) in [6.45, 7) is 6.89. The van der Waals surface area contributed by atoms with E-state index in [1.54, 1.807) is 0 Å². The van der Waals surface area contributed by atoms with Crippen molar-refractivity contribution in [3.63, 3.8) is 0 Å². The van der Waals surface area contributed by atoms with Gasteiger partial charge in [-0.05, 0) is 97.7 Å². The molecule has 5 heteroatoms. The lowest BCUT2D eigenvalue weighted by atomic mass is 9.43. The van der Waals surface area contributed by atoms with Crippen LogP contribution in [-0.2, 0) is 4.79 Å². The summed E-state index contributed by atoms with van der Waals surface area (Å²) in [4.78, 5) is 11.1. The van der Waals surface area contributed by atoms with E-state index in [9.17, 15) is 20.1 Å². The van der Waals surface area contributed by atoms with Gasteiger partial charge in [0, 0.05) is 6.42 Å². The van der Waals surface area contributed by atoms with E-state index < -0.39 is 18.2 Å². The molecule has 166 valence electrons. The van der Waals surface area contributed by atoms with Gasteiger partial charge >= 0.3 is 5.97 Å². The van der Waals surface area contributed by atoms with Crippen LogP contribution >= 0.6 is 0 Å². The van der Waals surface area contributed by atoms with E-state index in [0.29, 0.717) is 30.1 Å². The molecule has 0 aromatic carbocycles. The van der Waals surface area contributed by atoms with Gasteiger partial charge in [0.1, 0.15) is 0 Å². The van der Waals surface area contributed by atoms with E-state index >= 15 is 0 Å². The van der Waals surface area contributed by atoms with Gasteiger partial charge in [-0.15, -0.1) is 0 Å². The fourth-order valence-corrected chi connectivity index (χ4v) is 8.77. The third kappa shape index (κ3) is 3.27. The van der Waals surface area contributed by atoms with Crippen LogP contribution in [0.1, 0.15) is 78.6 Å². The van der Waals surface area contributed by atoms with E-state index in [1.807, 2.05) is 0 Å². The van der Waals surface area contributed by atoms with Crippen molar-refractivity contribution in [2.24, 2.45) is 46.3 Å². The summed E-state index contributed by atoms with van der Waals surface area (Å²) >= 11 is 0. The minimum absolute atomic E-state index is 0.00309. The van der Waals surface area contributed by atoms with Crippen molar-refractivity contribution in [2.75, 3.05) is 0 Å². The Labute approximate surface area is 174 Å². The van der Waals surface area contributed by atoms with Gasteiger partial charge in [0.15, 0.2) is 0 Å². The standard InChI is InChI=1S/C24H40O5/c1-13(4-7-19(26)27)15-5-6-16-20-17(9-11-23(15,16)2)24(3)10-8-14(25)12-18(24)21(28)22(20)29/h13-18,20-22,25,28-29H,4-12H2,1-3H3,(H,26,27)/t13?,14-,15-,16?,17?,18+,20?,21-,22-,23-,24-/m1/s1. The summed E-state index contributed by atoms with van der Waals surface area (Å²) in [5.74, 6) is 1.06. The lowest BCUT2D eigenvalue weighted by Crippen LogP contribution is -2.64. The minimum Gasteiger partial charge on any atom is -0.481 e. The Morgan fingerprint density at radius 2 is 1.59 bits per heavy atom. The average Bonchev–Trinajstić information content (AvgIpc) is 3.02. The van der Waals surface area contributed by atoms with Crippen molar-refractivity contribution in [3.8, 4) is 0 Å². The molecule has 4 aliphatic carbocycles. The maximum atomic E-state index is 11.3. The van der Waals surface area contributed by atoms with Gasteiger partial charge in [-0.2, -0.15) is 0 Å². The number of aliphatic carboxylic acids is 1. The number of hydrogen-bond donors (Lipinski definition) is 4. The predicted molar refractivity (Wildman–Crippen MR) is 110 cm³/mol. The zero-order valence-corrected chi connectivity index (χ0v) is 18.3. The molecule has 4 fully saturated rings. The molecule has 4 unspecified atom stereocenters. The lowest BCUT2D eigenvalue weighted by Gasteiger charge is -2.63. The first-order valence-corrected chi connectivity index (χ1v) is 11.9. The van der Waals surface area contributed by atoms with Crippen LogP contribution in [0.15, 0.2) is 0 Å². The molecule has 0 heterocycles. The smallest absolute Gasteiger partial charge is 0.303 e. The van der Waals surface area contributed by atoms with Crippen LogP contribution in [0.25, 0.3) is 0 Å². The van der Waals surface area contributed by atoms with Gasteiger partial charge in [0.05, 0.1) is 18.3 Å². The number of hydrogen-bond acceptors (Lipinski definition) is 4. The second kappa shape index (κ2) is 7.49. The maximum absolute atomic E-state index is 11.3. The molecule has 0 radical (unpaired) electrons. The SMILES string of the molecule is CC(CCC(=O)O)[C@H]1CCC2C3C(CC[C@@]21C)[C@@]1(C)CC[C@@H](O)C[C@H]1[C@@H](O)[C@@H]3O. The molecular formula is C24H40O5. The number of aliphatic hydroxyl groups excluding tert-OH is 3. The monoisotopic (exact) mass is 408 g/mol. The Balaban J connectivity index is 1.59. The molecule has 0 aromatic rings. The van der Waals surface area contributed by atoms with E-state index in [2.05, 4.69) is 20.8 Å². The van der Waals surface area contributed by atoms with E-state index in [1.165, 1.54) is 0 Å². The fourth-order valence-electron chi connectivity index (χ4n) is 8.77. The van der Waals surface area contributed by atoms with Crippen LogP contribution in [-0.4, -0.2) is 44.7 Å². The van der Waals surface area contributed by atoms with Crippen LogP contribution < -0.4 is 0 Å². The average molecular weight is 409 g/mol. The molecule has 0 aromatic heterocycles. The molecular weight excluding hydrogens is 368 g/mol. The first-order valence-electron chi connectivity index (χ1n) is 11.9. The maximum Gasteiger partial charge on any atom is 0.303 e. The van der Waals surface area contributed by atoms with Crippen molar-refractivity contribution in [2.45, 2.75) is 96.9 Å². The van der Waals surface area contributed by atoms with Gasteiger partial charge in [-0.1, -0.05) is 20.8 Å². The third-order valence-electron chi connectivity index (χ3n) is 10.3. The Morgan fingerprint density at radius 1 is 0.931 bits per heavy atom. The first kappa shape index (κ1) is 21.6. The highest BCUT2D eigenvalue weighted by molar-refractivity contribution is 5.66. The molecule has 4 rings (SSSR count). The molecule has 0 aliphatic heterocycles. The largest absolute Gasteiger partial charge is 0.481 e. The van der Waals surface area contributed by atoms with Crippen LogP contribution in [0.5, 0.6) is 0 Å². The van der Waals surface area contributed by atoms with Gasteiger partial charge in [0.2, 0.25) is 0 Å². The third-order valence-corrected chi connectivity index (χ3v) is 10.3. The molecule has 4 N–H and O–H groups in total. The second-order valence-corrected chi connectivity index (χ2v) is 11.5. The topological polar surface area (TPSA) is 98.0 Å². The summed E-state index contributed by atoms with van der Waals surface area (Å²) in [6.07, 6.45) is 5.87. The number of carboxylic acids is 1. The highest BCUT2D eigenvalue weighted by Crippen LogP contribution is 2.68. The Bertz CT molecular complexity index is 637. The summed E-state index contributed by atoms with van der Waals surface area (Å²) < 4.78 is 0. The van der Waals surface area contributed by atoms with Crippen molar-refractivity contribution in [1.29, 1.82) is 0 Å². The van der Waals surface area contributed by atoms with Gasteiger partial charge in [-0.3, -0.25) is 4.79 Å². The normalized spacial score (nSPS) is 52.9. The van der Waals surface area contributed by atoms with Crippen molar-refractivity contribution < 1.29 is 25.2 Å². The summed E-state index contributed by atoms with van der Waals surface area (Å²) in [5.41, 5.74) is 0.119. The Hall–Kier alpha value is -0.650. The van der Waals surface area contributed by atoms with Crippen molar-refractivity contribution >= 4 is 5.97 Å². The van der Waals surface area contributed by atoms with Crippen LogP contribution in [0.2, 0.25) is 0 Å². The summed E-state index contributed by atoms with van der Waals surface area (Å²) in [7, 11) is 0.